The molecule has 0 aromatic rings. The lowest BCUT2D eigenvalue weighted by Crippen LogP contribution is -1.57. The summed E-state index contributed by atoms with van der Waals surface area (Å²) in [7, 11) is 0. The van der Waals surface area contributed by atoms with Gasteiger partial charge < -0.3 is 0 Å². The van der Waals surface area contributed by atoms with Gasteiger partial charge in [0.2, 0.25) is 6.08 Å². The van der Waals surface area contributed by atoms with Gasteiger partial charge in [-0.25, -0.2) is 0 Å². The second-order valence-electron chi connectivity index (χ2n) is 1.24. The summed E-state index contributed by atoms with van der Waals surface area (Å²) >= 11 is 0. The third kappa shape index (κ3) is 3.65. The molecule has 0 amide bonds. The fourth-order valence-corrected chi connectivity index (χ4v) is 0.289. The Morgan fingerprint density at radius 2 is 2.33 bits per heavy atom. The molecule has 0 aromatic carbocycles. The summed E-state index contributed by atoms with van der Waals surface area (Å²) < 4.78 is 0. The highest BCUT2D eigenvalue weighted by Gasteiger charge is 1.82. The average molecular weight is 83.2 g/mol. The molecule has 0 saturated carbocycles. The Bertz CT molecular complexity index is 35.3. The Labute approximate surface area is 39.9 Å². The van der Waals surface area contributed by atoms with Gasteiger partial charge in [-0.3, -0.25) is 0 Å². The van der Waals surface area contributed by atoms with Gasteiger partial charge in [0.15, 0.2) is 6.42 Å². The molecule has 0 rings (SSSR count). The summed E-state index contributed by atoms with van der Waals surface area (Å²) in [5, 5.41) is 0. The maximum absolute atomic E-state index is 3.07. The first kappa shape index (κ1) is 5.65. The number of rotatable bonds is 2. The summed E-state index contributed by atoms with van der Waals surface area (Å²) in [6.45, 7) is 4.14. The van der Waals surface area contributed by atoms with Crippen LogP contribution in [0.25, 0.3) is 0 Å². The fourth-order valence-electron chi connectivity index (χ4n) is 0.289. The standard InChI is InChI=1S/C6H11/c1-3-5-6-4-2/h3H,4,6H2,1-2H3/q+1. The van der Waals surface area contributed by atoms with E-state index in [1.807, 2.05) is 13.0 Å². The van der Waals surface area contributed by atoms with Crippen LogP contribution in [0.15, 0.2) is 6.08 Å². The Morgan fingerprint density at radius 1 is 1.67 bits per heavy atom. The van der Waals surface area contributed by atoms with Gasteiger partial charge in [-0.1, -0.05) is 6.92 Å². The van der Waals surface area contributed by atoms with Crippen LogP contribution in [0.4, 0.5) is 0 Å². The van der Waals surface area contributed by atoms with Crippen LogP contribution in [0, 0.1) is 6.08 Å². The van der Waals surface area contributed by atoms with Crippen LogP contribution in [0.3, 0.4) is 0 Å². The van der Waals surface area contributed by atoms with E-state index in [0.29, 0.717) is 0 Å². The molecule has 0 atom stereocenters. The van der Waals surface area contributed by atoms with Crippen molar-refractivity contribution in [1.29, 1.82) is 0 Å². The van der Waals surface area contributed by atoms with E-state index in [1.165, 1.54) is 6.42 Å². The van der Waals surface area contributed by atoms with E-state index in [2.05, 4.69) is 13.0 Å². The molecule has 0 aliphatic heterocycles. The van der Waals surface area contributed by atoms with Crippen molar-refractivity contribution in [1.82, 2.24) is 0 Å². The maximum atomic E-state index is 3.07. The first-order valence-electron chi connectivity index (χ1n) is 2.43. The molecule has 0 nitrogen and oxygen atoms in total. The van der Waals surface area contributed by atoms with Crippen molar-refractivity contribution in [2.45, 2.75) is 26.7 Å². The van der Waals surface area contributed by atoms with E-state index < -0.39 is 0 Å². The molecule has 0 N–H and O–H groups in total. The Kier molecular flexibility index (Phi) is 4.38. The Balaban J connectivity index is 2.66. The predicted octanol–water partition coefficient (Wildman–Crippen LogP) is 2.17. The van der Waals surface area contributed by atoms with Crippen LogP contribution in [0.5, 0.6) is 0 Å². The van der Waals surface area contributed by atoms with Crippen LogP contribution in [-0.4, -0.2) is 0 Å². The topological polar surface area (TPSA) is 0 Å². The number of hydrogen-bond donors (Lipinski definition) is 0. The molecule has 0 bridgehead atoms. The highest BCUT2D eigenvalue weighted by atomic mass is 13.7. The second kappa shape index (κ2) is 4.65. The normalized spacial score (nSPS) is 9.00. The summed E-state index contributed by atoms with van der Waals surface area (Å²) in [6, 6.07) is 0. The van der Waals surface area contributed by atoms with Crippen LogP contribution >= 0.6 is 0 Å². The molecule has 0 heterocycles. The van der Waals surface area contributed by atoms with Crippen molar-refractivity contribution in [3.8, 4) is 0 Å². The molecule has 0 heteroatoms. The van der Waals surface area contributed by atoms with Gasteiger partial charge >= 0.3 is 0 Å². The Morgan fingerprint density at radius 3 is 2.50 bits per heavy atom. The summed E-state index contributed by atoms with van der Waals surface area (Å²) in [6.07, 6.45) is 7.36. The highest BCUT2D eigenvalue weighted by molar-refractivity contribution is 4.65. The maximum Gasteiger partial charge on any atom is 0.217 e. The van der Waals surface area contributed by atoms with E-state index in [-0.39, 0.29) is 0 Å². The van der Waals surface area contributed by atoms with Crippen LogP contribution in [0.1, 0.15) is 26.7 Å². The third-order valence-corrected chi connectivity index (χ3v) is 0.598. The van der Waals surface area contributed by atoms with Gasteiger partial charge in [-0.2, -0.15) is 0 Å². The zero-order valence-corrected chi connectivity index (χ0v) is 4.49. The minimum Gasteiger partial charge on any atom is -0.0607 e. The van der Waals surface area contributed by atoms with Gasteiger partial charge in [0.25, 0.3) is 0 Å². The summed E-state index contributed by atoms with van der Waals surface area (Å²) in [4.78, 5) is 0. The fraction of sp³-hybridized carbons (Fsp3) is 0.667. The SMILES string of the molecule is CC=[C+]CCC. The van der Waals surface area contributed by atoms with Crippen molar-refractivity contribution < 1.29 is 0 Å². The van der Waals surface area contributed by atoms with Crippen molar-refractivity contribution in [3.63, 3.8) is 0 Å². The van der Waals surface area contributed by atoms with Crippen LogP contribution < -0.4 is 0 Å². The summed E-state index contributed by atoms with van der Waals surface area (Å²) in [5.41, 5.74) is 0. The van der Waals surface area contributed by atoms with Gasteiger partial charge in [-0.05, 0) is 6.42 Å². The second-order valence-corrected chi connectivity index (χ2v) is 1.24. The van der Waals surface area contributed by atoms with Gasteiger partial charge in [0.05, 0.1) is 0 Å². The van der Waals surface area contributed by atoms with Gasteiger partial charge in [0, 0.05) is 6.92 Å². The van der Waals surface area contributed by atoms with Crippen LogP contribution in [0.2, 0.25) is 0 Å². The molecule has 0 unspecified atom stereocenters. The van der Waals surface area contributed by atoms with E-state index >= 15 is 0 Å². The molecular formula is C6H11+. The minimum atomic E-state index is 1.11. The smallest absolute Gasteiger partial charge is 0.0607 e. The summed E-state index contributed by atoms with van der Waals surface area (Å²) in [5.74, 6) is 0. The van der Waals surface area contributed by atoms with Gasteiger partial charge in [-0.15, -0.1) is 0 Å². The number of hydrogen-bond acceptors (Lipinski definition) is 0. The third-order valence-electron chi connectivity index (χ3n) is 0.598. The number of allylic oxidation sites excluding steroid dienone is 2. The van der Waals surface area contributed by atoms with Crippen molar-refractivity contribution >= 4 is 0 Å². The molecular weight excluding hydrogens is 72.1 g/mol. The minimum absolute atomic E-state index is 1.11. The van der Waals surface area contributed by atoms with Crippen molar-refractivity contribution in [2.24, 2.45) is 0 Å². The first-order valence-corrected chi connectivity index (χ1v) is 2.43. The van der Waals surface area contributed by atoms with E-state index in [4.69, 9.17) is 0 Å². The molecule has 6 heavy (non-hydrogen) atoms. The van der Waals surface area contributed by atoms with Crippen LogP contribution in [-0.2, 0) is 0 Å². The molecule has 0 fully saturated rings. The van der Waals surface area contributed by atoms with E-state index in [9.17, 15) is 0 Å². The first-order chi connectivity index (χ1) is 2.91. The molecule has 0 aliphatic carbocycles. The molecule has 0 saturated heterocycles. The molecule has 0 aromatic heterocycles. The molecule has 34 valence electrons. The lowest BCUT2D eigenvalue weighted by atomic mass is 10.3. The molecule has 0 aliphatic rings. The van der Waals surface area contributed by atoms with E-state index in [1.54, 1.807) is 0 Å². The zero-order chi connectivity index (χ0) is 4.83. The van der Waals surface area contributed by atoms with Crippen molar-refractivity contribution in [3.05, 3.63) is 12.2 Å². The average Bonchev–Trinajstić information content (AvgIpc) is 1.61. The monoisotopic (exact) mass is 83.1 g/mol. The highest BCUT2D eigenvalue weighted by Crippen LogP contribution is 1.83. The predicted molar refractivity (Wildman–Crippen MR) is 28.4 cm³/mol. The molecule has 0 radical (unpaired) electrons. The van der Waals surface area contributed by atoms with E-state index in [0.717, 1.165) is 6.42 Å². The Hall–Kier alpha value is -0.350. The lowest BCUT2D eigenvalue weighted by Gasteiger charge is -1.61. The number of unbranched alkanes of at least 4 members (excludes halogenated alkanes) is 1. The quantitative estimate of drug-likeness (QED) is 0.449. The van der Waals surface area contributed by atoms with Gasteiger partial charge in [0.1, 0.15) is 6.08 Å². The zero-order valence-electron chi connectivity index (χ0n) is 4.49. The largest absolute Gasteiger partial charge is 0.217 e. The van der Waals surface area contributed by atoms with Crippen molar-refractivity contribution in [2.75, 3.05) is 0 Å². The lowest BCUT2D eigenvalue weighted by molar-refractivity contribution is 0.937. The molecule has 0 spiro atoms.